The van der Waals surface area contributed by atoms with Crippen molar-refractivity contribution in [1.29, 1.82) is 0 Å². The zero-order valence-corrected chi connectivity index (χ0v) is 10.8. The van der Waals surface area contributed by atoms with E-state index in [2.05, 4.69) is 5.32 Å². The van der Waals surface area contributed by atoms with Gasteiger partial charge in [-0.1, -0.05) is 42.1 Å². The largest absolute Gasteiger partial charge is 0.314 e. The van der Waals surface area contributed by atoms with Crippen molar-refractivity contribution in [3.05, 3.63) is 33.8 Å². The van der Waals surface area contributed by atoms with Crippen LogP contribution in [-0.4, -0.2) is 12.6 Å². The Labute approximate surface area is 107 Å². The van der Waals surface area contributed by atoms with E-state index in [0.717, 1.165) is 18.0 Å². The smallest absolute Gasteiger partial charge is 0.0453 e. The first-order chi connectivity index (χ1) is 7.75. The van der Waals surface area contributed by atoms with Crippen LogP contribution in [0.1, 0.15) is 31.2 Å². The van der Waals surface area contributed by atoms with Crippen LogP contribution in [0.5, 0.6) is 0 Å². The summed E-state index contributed by atoms with van der Waals surface area (Å²) in [4.78, 5) is 0. The minimum absolute atomic E-state index is 0.571. The molecule has 1 nitrogen and oxygen atoms in total. The van der Waals surface area contributed by atoms with E-state index in [1.165, 1.54) is 31.2 Å². The molecule has 0 amide bonds. The molecule has 1 aromatic rings. The van der Waals surface area contributed by atoms with Gasteiger partial charge in [0, 0.05) is 16.1 Å². The second-order valence-electron chi connectivity index (χ2n) is 4.44. The Morgan fingerprint density at radius 2 is 2.06 bits per heavy atom. The third kappa shape index (κ3) is 3.38. The molecule has 1 aliphatic rings. The Morgan fingerprint density at radius 3 is 2.88 bits per heavy atom. The molecule has 1 heterocycles. The molecular weight excluding hydrogens is 241 g/mol. The van der Waals surface area contributed by atoms with E-state index in [4.69, 9.17) is 23.2 Å². The summed E-state index contributed by atoms with van der Waals surface area (Å²) in [7, 11) is 0. The highest BCUT2D eigenvalue weighted by atomic mass is 35.5. The molecule has 1 aliphatic heterocycles. The van der Waals surface area contributed by atoms with Crippen LogP contribution in [0.15, 0.2) is 18.2 Å². The average Bonchev–Trinajstić information content (AvgIpc) is 2.51. The van der Waals surface area contributed by atoms with Crippen molar-refractivity contribution in [2.75, 3.05) is 6.54 Å². The van der Waals surface area contributed by atoms with E-state index in [0.29, 0.717) is 11.1 Å². The first-order valence-corrected chi connectivity index (χ1v) is 6.68. The first-order valence-electron chi connectivity index (χ1n) is 5.93. The fraction of sp³-hybridized carbons (Fsp3) is 0.538. The minimum Gasteiger partial charge on any atom is -0.314 e. The van der Waals surface area contributed by atoms with Crippen molar-refractivity contribution in [1.82, 2.24) is 5.32 Å². The van der Waals surface area contributed by atoms with E-state index in [-0.39, 0.29) is 0 Å². The topological polar surface area (TPSA) is 12.0 Å². The molecule has 0 spiro atoms. The van der Waals surface area contributed by atoms with Crippen LogP contribution in [0.4, 0.5) is 0 Å². The lowest BCUT2D eigenvalue weighted by Crippen LogP contribution is -2.30. The van der Waals surface area contributed by atoms with Gasteiger partial charge in [0.05, 0.1) is 0 Å². The summed E-state index contributed by atoms with van der Waals surface area (Å²) in [6, 6.07) is 6.35. The van der Waals surface area contributed by atoms with Crippen LogP contribution in [0.25, 0.3) is 0 Å². The zero-order chi connectivity index (χ0) is 11.4. The third-order valence-electron chi connectivity index (χ3n) is 3.14. The molecule has 1 N–H and O–H groups in total. The maximum Gasteiger partial charge on any atom is 0.0453 e. The van der Waals surface area contributed by atoms with E-state index in [1.807, 2.05) is 18.2 Å². The van der Waals surface area contributed by atoms with Crippen molar-refractivity contribution >= 4 is 23.2 Å². The van der Waals surface area contributed by atoms with Gasteiger partial charge in [-0.3, -0.25) is 0 Å². The second kappa shape index (κ2) is 5.90. The second-order valence-corrected chi connectivity index (χ2v) is 5.28. The molecule has 0 radical (unpaired) electrons. The highest BCUT2D eigenvalue weighted by Gasteiger charge is 2.13. The molecule has 0 aromatic heterocycles. The van der Waals surface area contributed by atoms with Gasteiger partial charge < -0.3 is 5.32 Å². The van der Waals surface area contributed by atoms with Gasteiger partial charge in [0.25, 0.3) is 0 Å². The molecule has 1 aromatic carbocycles. The summed E-state index contributed by atoms with van der Waals surface area (Å²) in [5.74, 6) is 0. The zero-order valence-electron chi connectivity index (χ0n) is 9.31. The van der Waals surface area contributed by atoms with E-state index in [1.54, 1.807) is 0 Å². The van der Waals surface area contributed by atoms with Crippen LogP contribution in [0, 0.1) is 0 Å². The highest BCUT2D eigenvalue weighted by molar-refractivity contribution is 6.35. The minimum atomic E-state index is 0.571. The molecule has 0 aliphatic carbocycles. The van der Waals surface area contributed by atoms with Gasteiger partial charge >= 0.3 is 0 Å². The number of nitrogens with one attached hydrogen (secondary N) is 1. The molecule has 1 unspecified atom stereocenters. The van der Waals surface area contributed by atoms with Gasteiger partial charge in [-0.25, -0.2) is 0 Å². The van der Waals surface area contributed by atoms with Crippen molar-refractivity contribution in [2.45, 2.75) is 38.1 Å². The van der Waals surface area contributed by atoms with E-state index < -0.39 is 0 Å². The van der Waals surface area contributed by atoms with Crippen molar-refractivity contribution < 1.29 is 0 Å². The van der Waals surface area contributed by atoms with Gasteiger partial charge in [0.1, 0.15) is 0 Å². The fourth-order valence-electron chi connectivity index (χ4n) is 2.23. The molecule has 0 bridgehead atoms. The van der Waals surface area contributed by atoms with E-state index in [9.17, 15) is 0 Å². The van der Waals surface area contributed by atoms with Crippen LogP contribution in [0.3, 0.4) is 0 Å². The van der Waals surface area contributed by atoms with Crippen molar-refractivity contribution in [3.63, 3.8) is 0 Å². The van der Waals surface area contributed by atoms with Gasteiger partial charge in [-0.2, -0.15) is 0 Å². The predicted molar refractivity (Wildman–Crippen MR) is 70.4 cm³/mol. The summed E-state index contributed by atoms with van der Waals surface area (Å²) < 4.78 is 0. The van der Waals surface area contributed by atoms with Crippen LogP contribution < -0.4 is 5.32 Å². The first kappa shape index (κ1) is 12.2. The van der Waals surface area contributed by atoms with Crippen LogP contribution in [0.2, 0.25) is 10.0 Å². The highest BCUT2D eigenvalue weighted by Crippen LogP contribution is 2.23. The Hall–Kier alpha value is -0.240. The Kier molecular flexibility index (Phi) is 4.51. The van der Waals surface area contributed by atoms with Crippen molar-refractivity contribution in [3.8, 4) is 0 Å². The molecule has 16 heavy (non-hydrogen) atoms. The lowest BCUT2D eigenvalue weighted by Gasteiger charge is -2.16. The summed E-state index contributed by atoms with van der Waals surface area (Å²) in [5, 5.41) is 5.08. The standard InChI is InChI=1S/C13H17Cl2N/c14-11-6-5-10(13(15)9-11)8-12-4-2-1-3-7-16-12/h5-6,9,12,16H,1-4,7-8H2. The monoisotopic (exact) mass is 257 g/mol. The lowest BCUT2D eigenvalue weighted by atomic mass is 10.0. The van der Waals surface area contributed by atoms with Gasteiger partial charge in [-0.05, 0) is 43.5 Å². The fourth-order valence-corrected chi connectivity index (χ4v) is 2.71. The maximum absolute atomic E-state index is 6.18. The molecule has 2 rings (SSSR count). The normalized spacial score (nSPS) is 21.8. The third-order valence-corrected chi connectivity index (χ3v) is 3.73. The Bertz CT molecular complexity index is 344. The number of halogens is 2. The van der Waals surface area contributed by atoms with Gasteiger partial charge in [0.15, 0.2) is 0 Å². The van der Waals surface area contributed by atoms with Crippen molar-refractivity contribution in [2.24, 2.45) is 0 Å². The van der Waals surface area contributed by atoms with Gasteiger partial charge in [0.2, 0.25) is 0 Å². The molecule has 3 heteroatoms. The predicted octanol–water partition coefficient (Wildman–Crippen LogP) is 4.07. The lowest BCUT2D eigenvalue weighted by molar-refractivity contribution is 0.507. The summed E-state index contributed by atoms with van der Waals surface area (Å²) >= 11 is 12.1. The molecule has 0 saturated carbocycles. The number of hydrogen-bond acceptors (Lipinski definition) is 1. The van der Waals surface area contributed by atoms with E-state index >= 15 is 0 Å². The number of rotatable bonds is 2. The molecule has 1 fully saturated rings. The SMILES string of the molecule is Clc1ccc(CC2CCCCCN2)c(Cl)c1. The Balaban J connectivity index is 2.01. The number of benzene rings is 1. The number of hydrogen-bond donors (Lipinski definition) is 1. The average molecular weight is 258 g/mol. The summed E-state index contributed by atoms with van der Waals surface area (Å²) in [6.07, 6.45) is 6.22. The van der Waals surface area contributed by atoms with Crippen LogP contribution >= 0.6 is 23.2 Å². The van der Waals surface area contributed by atoms with Crippen LogP contribution in [-0.2, 0) is 6.42 Å². The van der Waals surface area contributed by atoms with Gasteiger partial charge in [-0.15, -0.1) is 0 Å². The maximum atomic E-state index is 6.18. The molecule has 1 atom stereocenters. The molecule has 88 valence electrons. The Morgan fingerprint density at radius 1 is 1.19 bits per heavy atom. The summed E-state index contributed by atoms with van der Waals surface area (Å²) in [5.41, 5.74) is 1.20. The quantitative estimate of drug-likeness (QED) is 0.843. The summed E-state index contributed by atoms with van der Waals surface area (Å²) in [6.45, 7) is 1.13. The molecule has 1 saturated heterocycles. The molecular formula is C13H17Cl2N.